The summed E-state index contributed by atoms with van der Waals surface area (Å²) in [7, 11) is 1.58. The van der Waals surface area contributed by atoms with Gasteiger partial charge in [0.05, 0.1) is 13.0 Å². The van der Waals surface area contributed by atoms with E-state index in [1.807, 2.05) is 37.4 Å². The van der Waals surface area contributed by atoms with Crippen molar-refractivity contribution >= 4 is 22.7 Å². The van der Waals surface area contributed by atoms with Crippen LogP contribution in [0.1, 0.15) is 18.9 Å². The van der Waals surface area contributed by atoms with Crippen molar-refractivity contribution in [2.75, 3.05) is 20.1 Å². The molecule has 112 valence electrons. The zero-order valence-corrected chi connectivity index (χ0v) is 12.5. The zero-order valence-electron chi connectivity index (χ0n) is 12.5. The monoisotopic (exact) mass is 287 g/mol. The summed E-state index contributed by atoms with van der Waals surface area (Å²) in [6.45, 7) is 2.70. The van der Waals surface area contributed by atoms with Crippen molar-refractivity contribution in [2.24, 2.45) is 0 Å². The minimum absolute atomic E-state index is 0.0230. The summed E-state index contributed by atoms with van der Waals surface area (Å²) in [5.74, 6) is -0.166. The van der Waals surface area contributed by atoms with E-state index in [4.69, 9.17) is 0 Å². The molecule has 2 amide bonds. The minimum atomic E-state index is -0.143. The second kappa shape index (κ2) is 6.92. The molecule has 2 aromatic rings. The molecular formula is C16H21N3O2. The largest absolute Gasteiger partial charge is 0.361 e. The van der Waals surface area contributed by atoms with Gasteiger partial charge in [0.1, 0.15) is 0 Å². The summed E-state index contributed by atoms with van der Waals surface area (Å²) in [5.41, 5.74) is 1.99. The second-order valence-corrected chi connectivity index (χ2v) is 5.02. The number of carbonyl (C=O) groups excluding carboxylic acids is 2. The van der Waals surface area contributed by atoms with E-state index in [2.05, 4.69) is 10.3 Å². The van der Waals surface area contributed by atoms with Gasteiger partial charge in [-0.15, -0.1) is 0 Å². The van der Waals surface area contributed by atoms with Crippen LogP contribution in [0.2, 0.25) is 0 Å². The number of rotatable bonds is 6. The molecule has 2 N–H and O–H groups in total. The van der Waals surface area contributed by atoms with Crippen molar-refractivity contribution in [3.63, 3.8) is 0 Å². The van der Waals surface area contributed by atoms with E-state index in [1.54, 1.807) is 11.9 Å². The third-order valence-electron chi connectivity index (χ3n) is 3.48. The molecule has 0 aliphatic carbocycles. The first-order chi connectivity index (χ1) is 10.2. The van der Waals surface area contributed by atoms with Gasteiger partial charge in [0.2, 0.25) is 11.8 Å². The van der Waals surface area contributed by atoms with Crippen LogP contribution in [-0.2, 0) is 16.0 Å². The normalized spacial score (nSPS) is 10.6. The molecule has 1 heterocycles. The van der Waals surface area contributed by atoms with Crippen LogP contribution in [0.5, 0.6) is 0 Å². The molecular weight excluding hydrogens is 266 g/mol. The minimum Gasteiger partial charge on any atom is -0.361 e. The van der Waals surface area contributed by atoms with Crippen molar-refractivity contribution in [1.29, 1.82) is 0 Å². The van der Waals surface area contributed by atoms with Gasteiger partial charge in [-0.3, -0.25) is 9.59 Å². The van der Waals surface area contributed by atoms with Crippen LogP contribution in [0.15, 0.2) is 30.5 Å². The third kappa shape index (κ3) is 3.62. The number of hydrogen-bond donors (Lipinski definition) is 2. The smallest absolute Gasteiger partial charge is 0.239 e. The molecule has 21 heavy (non-hydrogen) atoms. The molecule has 0 unspecified atom stereocenters. The zero-order chi connectivity index (χ0) is 15.2. The van der Waals surface area contributed by atoms with Gasteiger partial charge in [-0.1, -0.05) is 25.1 Å². The number of fused-ring (bicyclic) bond motifs is 1. The number of likely N-dealkylation sites (N-methyl/N-ethyl adjacent to an activating group) is 1. The van der Waals surface area contributed by atoms with E-state index in [1.165, 1.54) is 0 Å². The predicted octanol–water partition coefficient (Wildman–Crippen LogP) is 1.69. The van der Waals surface area contributed by atoms with Crippen molar-refractivity contribution in [2.45, 2.75) is 19.8 Å². The summed E-state index contributed by atoms with van der Waals surface area (Å²) < 4.78 is 0. The summed E-state index contributed by atoms with van der Waals surface area (Å²) in [4.78, 5) is 28.7. The Labute approximate surface area is 124 Å². The average Bonchev–Trinajstić information content (AvgIpc) is 2.90. The number of nitrogens with zero attached hydrogens (tertiary/aromatic N) is 1. The number of carbonyl (C=O) groups is 2. The lowest BCUT2D eigenvalue weighted by Crippen LogP contribution is -2.40. The molecule has 0 aliphatic heterocycles. The van der Waals surface area contributed by atoms with Crippen LogP contribution < -0.4 is 5.32 Å². The lowest BCUT2D eigenvalue weighted by Gasteiger charge is -2.21. The standard InChI is InChI=1S/C16H21N3O2/c1-3-8-19(11-15(20)17-2)16(21)9-12-10-18-14-7-5-4-6-13(12)14/h4-7,10,18H,3,8-9,11H2,1-2H3,(H,17,20). The SMILES string of the molecule is CCCN(CC(=O)NC)C(=O)Cc1c[nH]c2ccccc12. The van der Waals surface area contributed by atoms with Crippen LogP contribution in [0, 0.1) is 0 Å². The Kier molecular flexibility index (Phi) is 4.98. The molecule has 0 aliphatic rings. The molecule has 5 heteroatoms. The first-order valence-corrected chi connectivity index (χ1v) is 7.19. The Morgan fingerprint density at radius 3 is 2.76 bits per heavy atom. The number of aromatic nitrogens is 1. The van der Waals surface area contributed by atoms with Crippen LogP contribution in [0.25, 0.3) is 10.9 Å². The topological polar surface area (TPSA) is 65.2 Å². The quantitative estimate of drug-likeness (QED) is 0.849. The highest BCUT2D eigenvalue weighted by Crippen LogP contribution is 2.18. The molecule has 5 nitrogen and oxygen atoms in total. The highest BCUT2D eigenvalue weighted by Gasteiger charge is 2.17. The molecule has 0 bridgehead atoms. The van der Waals surface area contributed by atoms with Gasteiger partial charge in [0, 0.05) is 30.7 Å². The van der Waals surface area contributed by atoms with Gasteiger partial charge in [0.15, 0.2) is 0 Å². The van der Waals surface area contributed by atoms with Gasteiger partial charge >= 0.3 is 0 Å². The Hall–Kier alpha value is -2.30. The molecule has 2 rings (SSSR count). The van der Waals surface area contributed by atoms with E-state index in [9.17, 15) is 9.59 Å². The lowest BCUT2D eigenvalue weighted by atomic mass is 10.1. The number of hydrogen-bond acceptors (Lipinski definition) is 2. The molecule has 0 atom stereocenters. The van der Waals surface area contributed by atoms with Crippen molar-refractivity contribution < 1.29 is 9.59 Å². The van der Waals surface area contributed by atoms with Gasteiger partial charge < -0.3 is 15.2 Å². The number of H-pyrrole nitrogens is 1. The first kappa shape index (κ1) is 15.1. The summed E-state index contributed by atoms with van der Waals surface area (Å²) in [5, 5.41) is 3.62. The van der Waals surface area contributed by atoms with Crippen molar-refractivity contribution in [3.05, 3.63) is 36.0 Å². The summed E-state index contributed by atoms with van der Waals surface area (Å²) in [6.07, 6.45) is 3.00. The van der Waals surface area contributed by atoms with Crippen molar-refractivity contribution in [3.8, 4) is 0 Å². The summed E-state index contributed by atoms with van der Waals surface area (Å²) >= 11 is 0. The highest BCUT2D eigenvalue weighted by molar-refractivity contribution is 5.90. The molecule has 0 fully saturated rings. The lowest BCUT2D eigenvalue weighted by molar-refractivity contribution is -0.135. The molecule has 0 spiro atoms. The maximum atomic E-state index is 12.4. The third-order valence-corrected chi connectivity index (χ3v) is 3.48. The highest BCUT2D eigenvalue weighted by atomic mass is 16.2. The number of aromatic amines is 1. The Bertz CT molecular complexity index is 633. The van der Waals surface area contributed by atoms with Crippen molar-refractivity contribution in [1.82, 2.24) is 15.2 Å². The second-order valence-electron chi connectivity index (χ2n) is 5.02. The van der Waals surface area contributed by atoms with Gasteiger partial charge in [0.25, 0.3) is 0 Å². The summed E-state index contributed by atoms with van der Waals surface area (Å²) in [6, 6.07) is 7.90. The maximum Gasteiger partial charge on any atom is 0.239 e. The predicted molar refractivity (Wildman–Crippen MR) is 82.9 cm³/mol. The fourth-order valence-corrected chi connectivity index (χ4v) is 2.37. The number of nitrogens with one attached hydrogen (secondary N) is 2. The van der Waals surface area contributed by atoms with Crippen LogP contribution in [-0.4, -0.2) is 41.8 Å². The van der Waals surface area contributed by atoms with Gasteiger partial charge in [-0.25, -0.2) is 0 Å². The van der Waals surface area contributed by atoms with Gasteiger partial charge in [-0.05, 0) is 18.1 Å². The molecule has 1 aromatic carbocycles. The van der Waals surface area contributed by atoms with E-state index in [0.29, 0.717) is 13.0 Å². The Morgan fingerprint density at radius 2 is 2.05 bits per heavy atom. The van der Waals surface area contributed by atoms with E-state index < -0.39 is 0 Å². The van der Waals surface area contributed by atoms with Gasteiger partial charge in [-0.2, -0.15) is 0 Å². The number of para-hydroxylation sites is 1. The van der Waals surface area contributed by atoms with E-state index >= 15 is 0 Å². The van der Waals surface area contributed by atoms with E-state index in [0.717, 1.165) is 22.9 Å². The van der Waals surface area contributed by atoms with Crippen LogP contribution in [0.4, 0.5) is 0 Å². The van der Waals surface area contributed by atoms with Crippen LogP contribution in [0.3, 0.4) is 0 Å². The number of benzene rings is 1. The maximum absolute atomic E-state index is 12.4. The Morgan fingerprint density at radius 1 is 1.29 bits per heavy atom. The molecule has 1 aromatic heterocycles. The molecule has 0 saturated carbocycles. The Balaban J connectivity index is 2.12. The molecule has 0 radical (unpaired) electrons. The van der Waals surface area contributed by atoms with Crippen LogP contribution >= 0.6 is 0 Å². The fourth-order valence-electron chi connectivity index (χ4n) is 2.37. The fraction of sp³-hybridized carbons (Fsp3) is 0.375. The number of amides is 2. The average molecular weight is 287 g/mol. The first-order valence-electron chi connectivity index (χ1n) is 7.19. The molecule has 0 saturated heterocycles. The van der Waals surface area contributed by atoms with E-state index in [-0.39, 0.29) is 18.4 Å².